The molecule has 2 rings (SSSR count). The number of nitrogens with one attached hydrogen (secondary N) is 1. The topological polar surface area (TPSA) is 47.7 Å². The third kappa shape index (κ3) is 2.42. The minimum Gasteiger partial charge on any atom is -0.316 e. The zero-order valence-corrected chi connectivity index (χ0v) is 11.9. The van der Waals surface area contributed by atoms with Gasteiger partial charge in [0.05, 0.1) is 28.6 Å². The molecular formula is C12H18ClN5. The lowest BCUT2D eigenvalue weighted by Crippen LogP contribution is -2.07. The first kappa shape index (κ1) is 13.1. The van der Waals surface area contributed by atoms with Crippen LogP contribution in [0.15, 0.2) is 6.20 Å². The first-order valence-electron chi connectivity index (χ1n) is 5.88. The standard InChI is InChI=1S/C12H18ClN5/c1-8-10(5-14-3)6-18(16-8)7-11-12(13)9(2)15-17(11)4/h6,14H,5,7H2,1-4H3. The molecule has 18 heavy (non-hydrogen) atoms. The van der Waals surface area contributed by atoms with Gasteiger partial charge in [0.2, 0.25) is 0 Å². The number of aromatic nitrogens is 4. The van der Waals surface area contributed by atoms with Crippen molar-refractivity contribution in [2.24, 2.45) is 7.05 Å². The number of hydrogen-bond acceptors (Lipinski definition) is 3. The van der Waals surface area contributed by atoms with Gasteiger partial charge < -0.3 is 5.32 Å². The van der Waals surface area contributed by atoms with E-state index in [2.05, 4.69) is 15.5 Å². The smallest absolute Gasteiger partial charge is 0.0866 e. The van der Waals surface area contributed by atoms with Crippen LogP contribution in [0.4, 0.5) is 0 Å². The Morgan fingerprint density at radius 1 is 1.28 bits per heavy atom. The zero-order chi connectivity index (χ0) is 13.3. The summed E-state index contributed by atoms with van der Waals surface area (Å²) >= 11 is 6.23. The van der Waals surface area contributed by atoms with Crippen LogP contribution >= 0.6 is 11.6 Å². The van der Waals surface area contributed by atoms with E-state index >= 15 is 0 Å². The Labute approximate surface area is 112 Å². The summed E-state index contributed by atoms with van der Waals surface area (Å²) < 4.78 is 3.72. The van der Waals surface area contributed by atoms with Gasteiger partial charge >= 0.3 is 0 Å². The molecule has 0 saturated heterocycles. The third-order valence-electron chi connectivity index (χ3n) is 2.99. The Kier molecular flexibility index (Phi) is 3.73. The van der Waals surface area contributed by atoms with Crippen LogP contribution in [0.3, 0.4) is 0 Å². The van der Waals surface area contributed by atoms with Crippen molar-refractivity contribution < 1.29 is 0 Å². The van der Waals surface area contributed by atoms with Crippen molar-refractivity contribution in [3.8, 4) is 0 Å². The lowest BCUT2D eigenvalue weighted by atomic mass is 10.3. The highest BCUT2D eigenvalue weighted by Crippen LogP contribution is 2.20. The van der Waals surface area contributed by atoms with Crippen LogP contribution in [0, 0.1) is 13.8 Å². The molecule has 0 atom stereocenters. The Balaban J connectivity index is 2.26. The second-order valence-electron chi connectivity index (χ2n) is 4.44. The van der Waals surface area contributed by atoms with E-state index in [9.17, 15) is 0 Å². The molecule has 0 amide bonds. The van der Waals surface area contributed by atoms with Crippen molar-refractivity contribution in [1.29, 1.82) is 0 Å². The molecule has 0 saturated carbocycles. The van der Waals surface area contributed by atoms with Gasteiger partial charge in [-0.2, -0.15) is 10.2 Å². The van der Waals surface area contributed by atoms with Gasteiger partial charge in [-0.3, -0.25) is 9.36 Å². The molecule has 5 nitrogen and oxygen atoms in total. The lowest BCUT2D eigenvalue weighted by Gasteiger charge is -2.03. The largest absolute Gasteiger partial charge is 0.316 e. The molecular weight excluding hydrogens is 250 g/mol. The van der Waals surface area contributed by atoms with Crippen molar-refractivity contribution in [2.45, 2.75) is 26.9 Å². The zero-order valence-electron chi connectivity index (χ0n) is 11.2. The molecule has 2 aromatic heterocycles. The van der Waals surface area contributed by atoms with E-state index < -0.39 is 0 Å². The Bertz CT molecular complexity index is 555. The Morgan fingerprint density at radius 3 is 2.56 bits per heavy atom. The van der Waals surface area contributed by atoms with Crippen LogP contribution in [-0.2, 0) is 20.1 Å². The van der Waals surface area contributed by atoms with Crippen molar-refractivity contribution in [3.63, 3.8) is 0 Å². The van der Waals surface area contributed by atoms with Crippen molar-refractivity contribution >= 4 is 11.6 Å². The van der Waals surface area contributed by atoms with E-state index in [-0.39, 0.29) is 0 Å². The fourth-order valence-corrected chi connectivity index (χ4v) is 2.23. The second kappa shape index (κ2) is 5.12. The maximum atomic E-state index is 6.23. The maximum absolute atomic E-state index is 6.23. The molecule has 0 fully saturated rings. The molecule has 0 aliphatic rings. The van der Waals surface area contributed by atoms with E-state index in [1.807, 2.05) is 43.5 Å². The lowest BCUT2D eigenvalue weighted by molar-refractivity contribution is 0.615. The molecule has 6 heteroatoms. The molecule has 98 valence electrons. The van der Waals surface area contributed by atoms with Crippen molar-refractivity contribution in [2.75, 3.05) is 7.05 Å². The highest BCUT2D eigenvalue weighted by molar-refractivity contribution is 6.31. The molecule has 2 aromatic rings. The van der Waals surface area contributed by atoms with Crippen LogP contribution in [0.25, 0.3) is 0 Å². The minimum atomic E-state index is 0.640. The summed E-state index contributed by atoms with van der Waals surface area (Å²) in [5.41, 5.74) is 4.08. The van der Waals surface area contributed by atoms with E-state index in [0.717, 1.165) is 28.6 Å². The molecule has 0 unspecified atom stereocenters. The molecule has 1 N–H and O–H groups in total. The van der Waals surface area contributed by atoms with Gasteiger partial charge in [0.15, 0.2) is 0 Å². The summed E-state index contributed by atoms with van der Waals surface area (Å²) in [5, 5.41) is 12.7. The van der Waals surface area contributed by atoms with Gasteiger partial charge in [0.1, 0.15) is 0 Å². The predicted molar refractivity (Wildman–Crippen MR) is 71.8 cm³/mol. The van der Waals surface area contributed by atoms with E-state index in [0.29, 0.717) is 6.54 Å². The average Bonchev–Trinajstić information content (AvgIpc) is 2.76. The second-order valence-corrected chi connectivity index (χ2v) is 4.82. The summed E-state index contributed by atoms with van der Waals surface area (Å²) in [5.74, 6) is 0. The normalized spacial score (nSPS) is 11.2. The molecule has 0 bridgehead atoms. The van der Waals surface area contributed by atoms with Crippen molar-refractivity contribution in [3.05, 3.63) is 33.9 Å². The van der Waals surface area contributed by atoms with Crippen LogP contribution < -0.4 is 5.32 Å². The number of nitrogens with zero attached hydrogens (tertiary/aromatic N) is 4. The number of halogens is 1. The minimum absolute atomic E-state index is 0.640. The summed E-state index contributed by atoms with van der Waals surface area (Å²) in [7, 11) is 3.83. The van der Waals surface area contributed by atoms with Gasteiger partial charge in [-0.25, -0.2) is 0 Å². The van der Waals surface area contributed by atoms with Gasteiger partial charge in [-0.15, -0.1) is 0 Å². The monoisotopic (exact) mass is 267 g/mol. The quantitative estimate of drug-likeness (QED) is 0.916. The fraction of sp³-hybridized carbons (Fsp3) is 0.500. The molecule has 0 aliphatic carbocycles. The van der Waals surface area contributed by atoms with E-state index in [4.69, 9.17) is 11.6 Å². The van der Waals surface area contributed by atoms with E-state index in [1.54, 1.807) is 0 Å². The molecule has 0 spiro atoms. The summed E-state index contributed by atoms with van der Waals surface area (Å²) in [6.45, 7) is 5.39. The van der Waals surface area contributed by atoms with Crippen LogP contribution in [0.1, 0.15) is 22.6 Å². The van der Waals surface area contributed by atoms with Gasteiger partial charge in [0, 0.05) is 25.4 Å². The highest BCUT2D eigenvalue weighted by Gasteiger charge is 2.13. The number of aryl methyl sites for hydroxylation is 3. The van der Waals surface area contributed by atoms with Crippen molar-refractivity contribution in [1.82, 2.24) is 24.9 Å². The first-order chi connectivity index (χ1) is 8.52. The fourth-order valence-electron chi connectivity index (χ4n) is 2.01. The first-order valence-corrected chi connectivity index (χ1v) is 6.26. The maximum Gasteiger partial charge on any atom is 0.0866 e. The summed E-state index contributed by atoms with van der Waals surface area (Å²) in [6.07, 6.45) is 2.05. The number of rotatable bonds is 4. The average molecular weight is 268 g/mol. The van der Waals surface area contributed by atoms with Gasteiger partial charge in [-0.1, -0.05) is 11.6 Å². The van der Waals surface area contributed by atoms with Crippen LogP contribution in [0.2, 0.25) is 5.02 Å². The Morgan fingerprint density at radius 2 is 2.00 bits per heavy atom. The predicted octanol–water partition coefficient (Wildman–Crippen LogP) is 1.65. The van der Waals surface area contributed by atoms with Gasteiger partial charge in [-0.05, 0) is 20.9 Å². The van der Waals surface area contributed by atoms with Crippen LogP contribution in [0.5, 0.6) is 0 Å². The summed E-state index contributed by atoms with van der Waals surface area (Å²) in [6, 6.07) is 0. The van der Waals surface area contributed by atoms with E-state index in [1.165, 1.54) is 5.56 Å². The molecule has 0 radical (unpaired) electrons. The SMILES string of the molecule is CNCc1cn(Cc2c(Cl)c(C)nn2C)nc1C. The molecule has 0 aromatic carbocycles. The third-order valence-corrected chi connectivity index (χ3v) is 3.48. The molecule has 0 aliphatic heterocycles. The Hall–Kier alpha value is -1.33. The number of hydrogen-bond donors (Lipinski definition) is 1. The van der Waals surface area contributed by atoms with Crippen LogP contribution in [-0.4, -0.2) is 26.6 Å². The molecule has 2 heterocycles. The highest BCUT2D eigenvalue weighted by atomic mass is 35.5. The summed E-state index contributed by atoms with van der Waals surface area (Å²) in [4.78, 5) is 0. The van der Waals surface area contributed by atoms with Gasteiger partial charge in [0.25, 0.3) is 0 Å².